The standard InChI is InChI=1S/C17H19N3O2/c18-14-6-5-11-8-20(9-13(11)14)17(22)12-7-10-3-1-2-4-15(10)19-16(12)21/h1-4,7,11,13-14H,5-6,8-9,18H2,(H,19,21). The van der Waals surface area contributed by atoms with Crippen molar-refractivity contribution in [1.82, 2.24) is 9.88 Å². The number of rotatable bonds is 1. The molecule has 0 bridgehead atoms. The Morgan fingerprint density at radius 1 is 1.23 bits per heavy atom. The van der Waals surface area contributed by atoms with Crippen LogP contribution in [0.4, 0.5) is 0 Å². The smallest absolute Gasteiger partial charge is 0.261 e. The summed E-state index contributed by atoms with van der Waals surface area (Å²) in [5.74, 6) is 0.718. The molecule has 1 aliphatic heterocycles. The van der Waals surface area contributed by atoms with Crippen LogP contribution in [0.2, 0.25) is 0 Å². The normalized spacial score (nSPS) is 27.3. The second-order valence-electron chi connectivity index (χ2n) is 6.47. The monoisotopic (exact) mass is 297 g/mol. The van der Waals surface area contributed by atoms with Gasteiger partial charge in [-0.15, -0.1) is 0 Å². The number of carbonyl (C=O) groups excluding carboxylic acids is 1. The van der Waals surface area contributed by atoms with E-state index in [0.29, 0.717) is 18.4 Å². The van der Waals surface area contributed by atoms with Gasteiger partial charge in [0, 0.05) is 24.6 Å². The Hall–Kier alpha value is -2.14. The van der Waals surface area contributed by atoms with Crippen molar-refractivity contribution in [2.24, 2.45) is 17.6 Å². The summed E-state index contributed by atoms with van der Waals surface area (Å²) in [5.41, 5.74) is 6.79. The number of amides is 1. The second-order valence-corrected chi connectivity index (χ2v) is 6.47. The van der Waals surface area contributed by atoms with Crippen LogP contribution in [0.5, 0.6) is 0 Å². The van der Waals surface area contributed by atoms with Gasteiger partial charge in [0.15, 0.2) is 0 Å². The number of para-hydroxylation sites is 1. The number of aromatic nitrogens is 1. The van der Waals surface area contributed by atoms with Crippen LogP contribution in [-0.4, -0.2) is 34.9 Å². The first kappa shape index (κ1) is 13.5. The first-order chi connectivity index (χ1) is 10.6. The number of carbonyl (C=O) groups is 1. The Bertz CT molecular complexity index is 798. The zero-order chi connectivity index (χ0) is 15.3. The summed E-state index contributed by atoms with van der Waals surface area (Å²) in [4.78, 5) is 29.5. The minimum absolute atomic E-state index is 0.173. The van der Waals surface area contributed by atoms with Crippen molar-refractivity contribution in [3.63, 3.8) is 0 Å². The van der Waals surface area contributed by atoms with Gasteiger partial charge in [-0.2, -0.15) is 0 Å². The van der Waals surface area contributed by atoms with Crippen molar-refractivity contribution in [1.29, 1.82) is 0 Å². The van der Waals surface area contributed by atoms with Crippen molar-refractivity contribution in [2.75, 3.05) is 13.1 Å². The fourth-order valence-electron chi connectivity index (χ4n) is 3.95. The van der Waals surface area contributed by atoms with Crippen LogP contribution in [0.25, 0.3) is 10.9 Å². The first-order valence-electron chi connectivity index (χ1n) is 7.80. The second kappa shape index (κ2) is 4.95. The summed E-state index contributed by atoms with van der Waals surface area (Å²) in [5, 5.41) is 0.876. The number of nitrogens with zero attached hydrogens (tertiary/aromatic N) is 1. The lowest BCUT2D eigenvalue weighted by molar-refractivity contribution is 0.0778. The van der Waals surface area contributed by atoms with E-state index >= 15 is 0 Å². The number of fused-ring (bicyclic) bond motifs is 2. The molecule has 5 heteroatoms. The molecule has 0 spiro atoms. The molecule has 2 aromatic rings. The molecular formula is C17H19N3O2. The number of H-pyrrole nitrogens is 1. The van der Waals surface area contributed by atoms with Crippen molar-refractivity contribution in [2.45, 2.75) is 18.9 Å². The number of hydrogen-bond donors (Lipinski definition) is 2. The van der Waals surface area contributed by atoms with Gasteiger partial charge in [-0.25, -0.2) is 0 Å². The summed E-state index contributed by atoms with van der Waals surface area (Å²) in [6.45, 7) is 1.40. The third kappa shape index (κ3) is 2.04. The number of hydrogen-bond acceptors (Lipinski definition) is 3. The average Bonchev–Trinajstić information content (AvgIpc) is 3.08. The first-order valence-corrected chi connectivity index (χ1v) is 7.80. The van der Waals surface area contributed by atoms with Crippen molar-refractivity contribution in [3.8, 4) is 0 Å². The highest BCUT2D eigenvalue weighted by molar-refractivity contribution is 5.97. The van der Waals surface area contributed by atoms with E-state index in [2.05, 4.69) is 4.98 Å². The Labute approximate surface area is 128 Å². The largest absolute Gasteiger partial charge is 0.338 e. The maximum atomic E-state index is 12.7. The fourth-order valence-corrected chi connectivity index (χ4v) is 3.95. The molecule has 22 heavy (non-hydrogen) atoms. The van der Waals surface area contributed by atoms with E-state index in [9.17, 15) is 9.59 Å². The maximum Gasteiger partial charge on any atom is 0.261 e. The summed E-state index contributed by atoms with van der Waals surface area (Å²) in [6, 6.07) is 9.39. The fraction of sp³-hybridized carbons (Fsp3) is 0.412. The molecule has 3 N–H and O–H groups in total. The topological polar surface area (TPSA) is 79.2 Å². The number of nitrogens with two attached hydrogens (primary N) is 1. The van der Waals surface area contributed by atoms with Crippen LogP contribution in [0, 0.1) is 11.8 Å². The van der Waals surface area contributed by atoms with Crippen LogP contribution in [0.1, 0.15) is 23.2 Å². The molecule has 3 atom stereocenters. The molecule has 2 heterocycles. The number of benzene rings is 1. The summed E-state index contributed by atoms with van der Waals surface area (Å²) in [7, 11) is 0. The predicted molar refractivity (Wildman–Crippen MR) is 84.7 cm³/mol. The minimum Gasteiger partial charge on any atom is -0.338 e. The Kier molecular flexibility index (Phi) is 3.04. The Morgan fingerprint density at radius 2 is 2.05 bits per heavy atom. The zero-order valence-electron chi connectivity index (χ0n) is 12.3. The van der Waals surface area contributed by atoms with Crippen LogP contribution in [0.3, 0.4) is 0 Å². The average molecular weight is 297 g/mol. The van der Waals surface area contributed by atoms with Crippen LogP contribution < -0.4 is 11.3 Å². The highest BCUT2D eigenvalue weighted by Gasteiger charge is 2.42. The molecule has 1 saturated heterocycles. The number of nitrogens with one attached hydrogen (secondary N) is 1. The van der Waals surface area contributed by atoms with Crippen molar-refractivity contribution >= 4 is 16.8 Å². The molecule has 3 unspecified atom stereocenters. The molecule has 0 radical (unpaired) electrons. The van der Waals surface area contributed by atoms with Gasteiger partial charge in [0.2, 0.25) is 0 Å². The molecular weight excluding hydrogens is 278 g/mol. The third-order valence-electron chi connectivity index (χ3n) is 5.18. The molecule has 1 aromatic carbocycles. The molecule has 4 rings (SSSR count). The molecule has 1 amide bonds. The Balaban J connectivity index is 1.66. The van der Waals surface area contributed by atoms with E-state index < -0.39 is 0 Å². The van der Waals surface area contributed by atoms with Gasteiger partial charge in [0.05, 0.1) is 0 Å². The summed E-state index contributed by atoms with van der Waals surface area (Å²) >= 11 is 0. The number of likely N-dealkylation sites (tertiary alicyclic amines) is 1. The maximum absolute atomic E-state index is 12.7. The van der Waals surface area contributed by atoms with E-state index in [0.717, 1.165) is 30.3 Å². The Morgan fingerprint density at radius 3 is 2.86 bits per heavy atom. The van der Waals surface area contributed by atoms with Gasteiger partial charge in [-0.3, -0.25) is 9.59 Å². The lowest BCUT2D eigenvalue weighted by Gasteiger charge is -2.18. The van der Waals surface area contributed by atoms with E-state index in [1.807, 2.05) is 24.3 Å². The van der Waals surface area contributed by atoms with E-state index in [4.69, 9.17) is 5.73 Å². The van der Waals surface area contributed by atoms with Crippen molar-refractivity contribution < 1.29 is 4.79 Å². The zero-order valence-corrected chi connectivity index (χ0v) is 12.3. The summed E-state index contributed by atoms with van der Waals surface area (Å²) < 4.78 is 0. The van der Waals surface area contributed by atoms with Gasteiger partial charge in [0.25, 0.3) is 11.5 Å². The minimum atomic E-state index is -0.315. The molecule has 114 valence electrons. The lowest BCUT2D eigenvalue weighted by atomic mass is 9.98. The SMILES string of the molecule is NC1CCC2CN(C(=O)c3cc4ccccc4[nH]c3=O)CC12. The lowest BCUT2D eigenvalue weighted by Crippen LogP contribution is -2.36. The molecule has 5 nitrogen and oxygen atoms in total. The van der Waals surface area contributed by atoms with Crippen molar-refractivity contribution in [3.05, 3.63) is 46.2 Å². The molecule has 2 fully saturated rings. The van der Waals surface area contributed by atoms with Gasteiger partial charge in [-0.1, -0.05) is 18.2 Å². The van der Waals surface area contributed by atoms with E-state index in [1.54, 1.807) is 11.0 Å². The van der Waals surface area contributed by atoms with Gasteiger partial charge >= 0.3 is 0 Å². The highest BCUT2D eigenvalue weighted by atomic mass is 16.2. The quantitative estimate of drug-likeness (QED) is 0.833. The molecule has 1 saturated carbocycles. The predicted octanol–water partition coefficient (Wildman–Crippen LogP) is 1.34. The van der Waals surface area contributed by atoms with Crippen LogP contribution in [0.15, 0.2) is 35.1 Å². The molecule has 1 aliphatic carbocycles. The highest BCUT2D eigenvalue weighted by Crippen LogP contribution is 2.37. The van der Waals surface area contributed by atoms with Gasteiger partial charge in [-0.05, 0) is 42.2 Å². The van der Waals surface area contributed by atoms with Crippen LogP contribution >= 0.6 is 0 Å². The molecule has 1 aromatic heterocycles. The van der Waals surface area contributed by atoms with E-state index in [-0.39, 0.29) is 23.1 Å². The van der Waals surface area contributed by atoms with Gasteiger partial charge in [0.1, 0.15) is 5.56 Å². The van der Waals surface area contributed by atoms with E-state index in [1.165, 1.54) is 0 Å². The summed E-state index contributed by atoms with van der Waals surface area (Å²) in [6.07, 6.45) is 2.14. The third-order valence-corrected chi connectivity index (χ3v) is 5.18. The van der Waals surface area contributed by atoms with Gasteiger partial charge < -0.3 is 15.6 Å². The number of pyridine rings is 1. The molecule has 2 aliphatic rings. The number of aromatic amines is 1. The van der Waals surface area contributed by atoms with Crippen LogP contribution in [-0.2, 0) is 0 Å².